The molecule has 1 aromatic heterocycles. The summed E-state index contributed by atoms with van der Waals surface area (Å²) in [6.07, 6.45) is -4.30. The summed E-state index contributed by atoms with van der Waals surface area (Å²) >= 11 is 0. The maximum Gasteiger partial charge on any atom is 0.416 e. The molecule has 0 aliphatic heterocycles. The average Bonchev–Trinajstić information content (AvgIpc) is 2.77. The van der Waals surface area contributed by atoms with Crippen molar-refractivity contribution >= 4 is 5.97 Å². The van der Waals surface area contributed by atoms with Gasteiger partial charge in [-0.15, -0.1) is 5.10 Å². The van der Waals surface area contributed by atoms with Crippen LogP contribution in [0.4, 0.5) is 13.2 Å². The molecule has 0 unspecified atom stereocenters. The summed E-state index contributed by atoms with van der Waals surface area (Å²) in [5.74, 6) is -1.22. The van der Waals surface area contributed by atoms with E-state index >= 15 is 0 Å². The fraction of sp³-hybridized carbons (Fsp3) is 0.182. The highest BCUT2D eigenvalue weighted by atomic mass is 19.4. The number of aromatic amines is 1. The Hall–Kier alpha value is -2.38. The summed E-state index contributed by atoms with van der Waals surface area (Å²) < 4.78 is 37.1. The normalized spacial score (nSPS) is 11.5. The van der Waals surface area contributed by atoms with Gasteiger partial charge in [-0.3, -0.25) is 5.10 Å². The van der Waals surface area contributed by atoms with Crippen LogP contribution in [0.25, 0.3) is 0 Å². The molecule has 1 aromatic carbocycles. The van der Waals surface area contributed by atoms with E-state index in [1.54, 1.807) is 0 Å². The number of H-pyrrole nitrogens is 1. The predicted octanol–water partition coefficient (Wildman–Crippen LogP) is 2.11. The first-order chi connectivity index (χ1) is 8.88. The van der Waals surface area contributed by atoms with Gasteiger partial charge in [0.2, 0.25) is 0 Å². The molecule has 0 radical (unpaired) electrons. The van der Waals surface area contributed by atoms with E-state index < -0.39 is 17.7 Å². The van der Waals surface area contributed by atoms with Gasteiger partial charge in [0, 0.05) is 6.42 Å². The molecule has 0 saturated carbocycles. The first-order valence-corrected chi connectivity index (χ1v) is 5.17. The quantitative estimate of drug-likeness (QED) is 0.896. The van der Waals surface area contributed by atoms with Crippen LogP contribution in [-0.4, -0.2) is 26.5 Å². The van der Waals surface area contributed by atoms with E-state index in [2.05, 4.69) is 15.4 Å². The number of rotatable bonds is 3. The lowest BCUT2D eigenvalue weighted by Gasteiger charge is -2.07. The van der Waals surface area contributed by atoms with Crippen molar-refractivity contribution in [2.45, 2.75) is 12.6 Å². The zero-order valence-corrected chi connectivity index (χ0v) is 9.40. The summed E-state index contributed by atoms with van der Waals surface area (Å²) in [7, 11) is 0. The van der Waals surface area contributed by atoms with Crippen molar-refractivity contribution in [3.05, 3.63) is 46.8 Å². The van der Waals surface area contributed by atoms with Gasteiger partial charge in [0.1, 0.15) is 5.69 Å². The summed E-state index contributed by atoms with van der Waals surface area (Å²) in [5.41, 5.74) is -0.230. The molecular weight excluding hydrogens is 263 g/mol. The number of carboxylic acid groups (broad SMARTS) is 1. The number of benzene rings is 1. The lowest BCUT2D eigenvalue weighted by Crippen LogP contribution is -2.05. The number of hydrogen-bond acceptors (Lipinski definition) is 3. The van der Waals surface area contributed by atoms with Crippen molar-refractivity contribution in [3.63, 3.8) is 0 Å². The standard InChI is InChI=1S/C11H8F3N3O2/c12-11(13,14)7-3-1-6(2-4-7)5-8-9(10(18)19)16-17-15-8/h1-4H,5H2,(H,18,19)(H,15,16,17). The van der Waals surface area contributed by atoms with Crippen LogP contribution in [0.1, 0.15) is 27.3 Å². The molecule has 100 valence electrons. The minimum atomic E-state index is -4.39. The number of carbonyl (C=O) groups is 1. The maximum absolute atomic E-state index is 12.4. The number of nitrogens with zero attached hydrogens (tertiary/aromatic N) is 2. The third-order valence-corrected chi connectivity index (χ3v) is 2.49. The molecule has 0 saturated heterocycles. The molecule has 2 aromatic rings. The molecule has 0 aliphatic rings. The molecule has 2 rings (SSSR count). The third kappa shape index (κ3) is 2.90. The Bertz CT molecular complexity index is 590. The van der Waals surface area contributed by atoms with Gasteiger partial charge in [0.25, 0.3) is 0 Å². The zero-order valence-electron chi connectivity index (χ0n) is 9.40. The van der Waals surface area contributed by atoms with Crippen molar-refractivity contribution in [2.24, 2.45) is 0 Å². The number of hydrogen-bond donors (Lipinski definition) is 2. The Balaban J connectivity index is 2.20. The monoisotopic (exact) mass is 271 g/mol. The number of carboxylic acids is 1. The Morgan fingerprint density at radius 3 is 2.42 bits per heavy atom. The van der Waals surface area contributed by atoms with E-state index in [-0.39, 0.29) is 17.8 Å². The highest BCUT2D eigenvalue weighted by Gasteiger charge is 2.30. The topological polar surface area (TPSA) is 78.9 Å². The molecule has 0 fully saturated rings. The molecule has 1 heterocycles. The van der Waals surface area contributed by atoms with Crippen molar-refractivity contribution < 1.29 is 23.1 Å². The fourth-order valence-electron chi connectivity index (χ4n) is 1.55. The van der Waals surface area contributed by atoms with Gasteiger partial charge >= 0.3 is 12.1 Å². The van der Waals surface area contributed by atoms with E-state index in [4.69, 9.17) is 5.11 Å². The molecule has 19 heavy (non-hydrogen) atoms. The first kappa shape index (κ1) is 13.1. The van der Waals surface area contributed by atoms with Crippen LogP contribution in [0.5, 0.6) is 0 Å². The highest BCUT2D eigenvalue weighted by Crippen LogP contribution is 2.29. The van der Waals surface area contributed by atoms with Gasteiger partial charge in [0.05, 0.1) is 5.56 Å². The number of alkyl halides is 3. The second-order valence-corrected chi connectivity index (χ2v) is 3.81. The zero-order chi connectivity index (χ0) is 14.0. The molecule has 8 heteroatoms. The van der Waals surface area contributed by atoms with Gasteiger partial charge in [-0.05, 0) is 17.7 Å². The molecule has 0 atom stereocenters. The van der Waals surface area contributed by atoms with Gasteiger partial charge in [-0.1, -0.05) is 17.3 Å². The Kier molecular flexibility index (Phi) is 3.24. The summed E-state index contributed by atoms with van der Waals surface area (Å²) in [5, 5.41) is 18.0. The van der Waals surface area contributed by atoms with Crippen LogP contribution < -0.4 is 0 Å². The molecule has 0 amide bonds. The third-order valence-electron chi connectivity index (χ3n) is 2.49. The van der Waals surface area contributed by atoms with Crippen LogP contribution in [0.3, 0.4) is 0 Å². The number of aromatic nitrogens is 3. The minimum absolute atomic E-state index is 0.0935. The molecule has 2 N–H and O–H groups in total. The molecular formula is C11H8F3N3O2. The number of aromatic carboxylic acids is 1. The first-order valence-electron chi connectivity index (χ1n) is 5.17. The molecule has 0 bridgehead atoms. The smallest absolute Gasteiger partial charge is 0.416 e. The van der Waals surface area contributed by atoms with Crippen LogP contribution in [-0.2, 0) is 12.6 Å². The van der Waals surface area contributed by atoms with Gasteiger partial charge < -0.3 is 5.11 Å². The van der Waals surface area contributed by atoms with Gasteiger partial charge in [-0.2, -0.15) is 13.2 Å². The van der Waals surface area contributed by atoms with E-state index in [0.29, 0.717) is 5.56 Å². The van der Waals surface area contributed by atoms with Gasteiger partial charge in [-0.25, -0.2) is 4.79 Å². The molecule has 5 nitrogen and oxygen atoms in total. The van der Waals surface area contributed by atoms with E-state index in [0.717, 1.165) is 12.1 Å². The predicted molar refractivity (Wildman–Crippen MR) is 57.6 cm³/mol. The second kappa shape index (κ2) is 4.71. The summed E-state index contributed by atoms with van der Waals surface area (Å²) in [6, 6.07) is 4.44. The Morgan fingerprint density at radius 2 is 1.89 bits per heavy atom. The molecule has 0 aliphatic carbocycles. The largest absolute Gasteiger partial charge is 0.476 e. The lowest BCUT2D eigenvalue weighted by molar-refractivity contribution is -0.137. The Morgan fingerprint density at radius 1 is 1.26 bits per heavy atom. The van der Waals surface area contributed by atoms with Crippen molar-refractivity contribution in [3.8, 4) is 0 Å². The van der Waals surface area contributed by atoms with E-state index in [1.807, 2.05) is 0 Å². The van der Waals surface area contributed by atoms with Crippen LogP contribution in [0.2, 0.25) is 0 Å². The van der Waals surface area contributed by atoms with Crippen molar-refractivity contribution in [1.82, 2.24) is 15.4 Å². The SMILES string of the molecule is O=C(O)c1[nH]nnc1Cc1ccc(C(F)(F)F)cc1. The summed E-state index contributed by atoms with van der Waals surface area (Å²) in [6.45, 7) is 0. The summed E-state index contributed by atoms with van der Waals surface area (Å²) in [4.78, 5) is 10.8. The van der Waals surface area contributed by atoms with E-state index in [9.17, 15) is 18.0 Å². The maximum atomic E-state index is 12.4. The molecule has 0 spiro atoms. The minimum Gasteiger partial charge on any atom is -0.476 e. The van der Waals surface area contributed by atoms with E-state index in [1.165, 1.54) is 12.1 Å². The fourth-order valence-corrected chi connectivity index (χ4v) is 1.55. The van der Waals surface area contributed by atoms with Crippen LogP contribution >= 0.6 is 0 Å². The second-order valence-electron chi connectivity index (χ2n) is 3.81. The van der Waals surface area contributed by atoms with Crippen molar-refractivity contribution in [1.29, 1.82) is 0 Å². The average molecular weight is 271 g/mol. The number of halogens is 3. The van der Waals surface area contributed by atoms with Crippen LogP contribution in [0.15, 0.2) is 24.3 Å². The van der Waals surface area contributed by atoms with Gasteiger partial charge in [0.15, 0.2) is 5.69 Å². The van der Waals surface area contributed by atoms with Crippen molar-refractivity contribution in [2.75, 3.05) is 0 Å². The highest BCUT2D eigenvalue weighted by molar-refractivity contribution is 5.86. The lowest BCUT2D eigenvalue weighted by atomic mass is 10.1. The Labute approximate surface area is 105 Å². The number of nitrogens with one attached hydrogen (secondary N) is 1. The van der Waals surface area contributed by atoms with Crippen LogP contribution in [0, 0.1) is 0 Å².